The van der Waals surface area contributed by atoms with Crippen molar-refractivity contribution in [2.24, 2.45) is 5.92 Å². The van der Waals surface area contributed by atoms with Crippen LogP contribution in [0.2, 0.25) is 0 Å². The van der Waals surface area contributed by atoms with Crippen molar-refractivity contribution in [1.82, 2.24) is 0 Å². The number of nitriles is 1. The zero-order valence-corrected chi connectivity index (χ0v) is 12.1. The molecule has 18 heavy (non-hydrogen) atoms. The van der Waals surface area contributed by atoms with Gasteiger partial charge in [0.1, 0.15) is 16.6 Å². The number of hydrogen-bond donors (Lipinski definition) is 1. The molecule has 0 fully saturated rings. The zero-order chi connectivity index (χ0) is 13.9. The summed E-state index contributed by atoms with van der Waals surface area (Å²) in [5, 5.41) is 9.95. The minimum absolute atomic E-state index is 0.0856. The second-order valence-corrected chi connectivity index (χ2v) is 5.80. The monoisotopic (exact) mass is 265 g/mol. The van der Waals surface area contributed by atoms with Crippen molar-refractivity contribution in [1.29, 1.82) is 5.26 Å². The Balaban J connectivity index is 3.05. The van der Waals surface area contributed by atoms with E-state index in [9.17, 15) is 4.79 Å². The minimum Gasteiger partial charge on any atom is -0.396 e. The normalized spacial score (nSPS) is 10.4. The Morgan fingerprint density at radius 1 is 1.56 bits per heavy atom. The molecule has 0 amide bonds. The Hall–Kier alpha value is -1.54. The van der Waals surface area contributed by atoms with E-state index in [1.54, 1.807) is 0 Å². The highest BCUT2D eigenvalue weighted by molar-refractivity contribution is 7.19. The summed E-state index contributed by atoms with van der Waals surface area (Å²) in [6.45, 7) is 6.64. The van der Waals surface area contributed by atoms with E-state index in [0.717, 1.165) is 18.0 Å². The van der Waals surface area contributed by atoms with E-state index in [2.05, 4.69) is 19.9 Å². The second-order valence-electron chi connectivity index (χ2n) is 4.80. The highest BCUT2D eigenvalue weighted by atomic mass is 32.1. The first-order valence-corrected chi connectivity index (χ1v) is 6.74. The van der Waals surface area contributed by atoms with Crippen molar-refractivity contribution in [3.05, 3.63) is 10.4 Å². The molecular weight excluding hydrogens is 246 g/mol. The lowest BCUT2D eigenvalue weighted by atomic mass is 10.1. The van der Waals surface area contributed by atoms with Gasteiger partial charge in [-0.3, -0.25) is 4.79 Å². The van der Waals surface area contributed by atoms with Crippen LogP contribution in [0.25, 0.3) is 0 Å². The number of ketones is 1. The third-order valence-corrected chi connectivity index (χ3v) is 4.17. The van der Waals surface area contributed by atoms with E-state index in [1.165, 1.54) is 18.3 Å². The van der Waals surface area contributed by atoms with Gasteiger partial charge in [0, 0.05) is 20.5 Å². The van der Waals surface area contributed by atoms with Gasteiger partial charge in [-0.05, 0) is 12.3 Å². The van der Waals surface area contributed by atoms with Crippen molar-refractivity contribution in [2.45, 2.75) is 27.2 Å². The highest BCUT2D eigenvalue weighted by Gasteiger charge is 2.20. The van der Waals surface area contributed by atoms with Crippen LogP contribution < -0.4 is 10.6 Å². The molecule has 0 aliphatic carbocycles. The maximum Gasteiger partial charge on any atom is 0.171 e. The van der Waals surface area contributed by atoms with Crippen LogP contribution in [0.1, 0.15) is 42.4 Å². The molecule has 1 aromatic rings. The van der Waals surface area contributed by atoms with Crippen molar-refractivity contribution >= 4 is 27.8 Å². The van der Waals surface area contributed by atoms with Gasteiger partial charge in [-0.2, -0.15) is 5.26 Å². The largest absolute Gasteiger partial charge is 0.396 e. The lowest BCUT2D eigenvalue weighted by Crippen LogP contribution is -2.19. The van der Waals surface area contributed by atoms with Gasteiger partial charge in [-0.1, -0.05) is 13.8 Å². The average Bonchev–Trinajstić information content (AvgIpc) is 2.63. The average molecular weight is 265 g/mol. The number of anilines is 2. The second kappa shape index (κ2) is 5.87. The smallest absolute Gasteiger partial charge is 0.171 e. The fraction of sp³-hybridized carbons (Fsp3) is 0.538. The molecule has 1 aromatic heterocycles. The van der Waals surface area contributed by atoms with Crippen molar-refractivity contribution < 1.29 is 4.79 Å². The lowest BCUT2D eigenvalue weighted by molar-refractivity contribution is 0.102. The molecule has 0 aliphatic heterocycles. The molecule has 1 heterocycles. The SMILES string of the molecule is CC(=O)c1sc(N(C)CCC(C)C)c(C#N)c1N. The van der Waals surface area contributed by atoms with Gasteiger partial charge in [-0.25, -0.2) is 0 Å². The topological polar surface area (TPSA) is 70.1 Å². The molecule has 1 rings (SSSR count). The number of carbonyl (C=O) groups excluding carboxylic acids is 1. The molecule has 2 N–H and O–H groups in total. The minimum atomic E-state index is -0.0856. The van der Waals surface area contributed by atoms with Gasteiger partial charge in [0.15, 0.2) is 5.78 Å². The fourth-order valence-corrected chi connectivity index (χ4v) is 2.68. The molecule has 0 aliphatic rings. The van der Waals surface area contributed by atoms with E-state index in [0.29, 0.717) is 22.0 Å². The first-order valence-electron chi connectivity index (χ1n) is 5.92. The van der Waals surface area contributed by atoms with Crippen molar-refractivity contribution in [2.75, 3.05) is 24.2 Å². The van der Waals surface area contributed by atoms with Gasteiger partial charge in [0.2, 0.25) is 0 Å². The van der Waals surface area contributed by atoms with Crippen LogP contribution in [0.3, 0.4) is 0 Å². The van der Waals surface area contributed by atoms with E-state index in [-0.39, 0.29) is 5.78 Å². The van der Waals surface area contributed by atoms with Gasteiger partial charge in [-0.15, -0.1) is 11.3 Å². The van der Waals surface area contributed by atoms with Crippen LogP contribution in [-0.4, -0.2) is 19.4 Å². The maximum atomic E-state index is 11.4. The van der Waals surface area contributed by atoms with E-state index < -0.39 is 0 Å². The predicted octanol–water partition coefficient (Wildman–Crippen LogP) is 2.89. The molecular formula is C13H19N3OS. The van der Waals surface area contributed by atoms with Crippen LogP contribution in [0.4, 0.5) is 10.7 Å². The van der Waals surface area contributed by atoms with Crippen LogP contribution in [0, 0.1) is 17.2 Å². The summed E-state index contributed by atoms with van der Waals surface area (Å²) in [6, 6.07) is 2.10. The molecule has 0 radical (unpaired) electrons. The van der Waals surface area contributed by atoms with E-state index >= 15 is 0 Å². The Morgan fingerprint density at radius 3 is 2.61 bits per heavy atom. The summed E-state index contributed by atoms with van der Waals surface area (Å²) in [6.07, 6.45) is 1.04. The highest BCUT2D eigenvalue weighted by Crippen LogP contribution is 2.37. The summed E-state index contributed by atoms with van der Waals surface area (Å²) in [4.78, 5) is 13.9. The maximum absolute atomic E-state index is 11.4. The molecule has 5 heteroatoms. The summed E-state index contributed by atoms with van der Waals surface area (Å²) < 4.78 is 0. The third-order valence-electron chi connectivity index (χ3n) is 2.75. The van der Waals surface area contributed by atoms with Gasteiger partial charge >= 0.3 is 0 Å². The molecule has 0 aromatic carbocycles. The van der Waals surface area contributed by atoms with Gasteiger partial charge in [0.05, 0.1) is 10.6 Å². The molecule has 0 saturated heterocycles. The standard InChI is InChI=1S/C13H19N3OS/c1-8(2)5-6-16(4)13-10(7-14)11(15)12(18-13)9(3)17/h8H,5-6,15H2,1-4H3. The van der Waals surface area contributed by atoms with Crippen LogP contribution in [-0.2, 0) is 0 Å². The summed E-state index contributed by atoms with van der Waals surface area (Å²) in [5.41, 5.74) is 6.60. The van der Waals surface area contributed by atoms with Crippen LogP contribution in [0.15, 0.2) is 0 Å². The van der Waals surface area contributed by atoms with E-state index in [4.69, 9.17) is 11.0 Å². The molecule has 0 atom stereocenters. The molecule has 4 nitrogen and oxygen atoms in total. The van der Waals surface area contributed by atoms with Crippen molar-refractivity contribution in [3.8, 4) is 6.07 Å². The summed E-state index contributed by atoms with van der Waals surface area (Å²) >= 11 is 1.31. The zero-order valence-electron chi connectivity index (χ0n) is 11.3. The molecule has 98 valence electrons. The lowest BCUT2D eigenvalue weighted by Gasteiger charge is -2.18. The number of rotatable bonds is 5. The Morgan fingerprint density at radius 2 is 2.17 bits per heavy atom. The third kappa shape index (κ3) is 3.02. The quantitative estimate of drug-likeness (QED) is 0.831. The number of nitrogens with zero attached hydrogens (tertiary/aromatic N) is 2. The summed E-state index contributed by atoms with van der Waals surface area (Å²) in [5.74, 6) is 0.514. The van der Waals surface area contributed by atoms with Crippen molar-refractivity contribution in [3.63, 3.8) is 0 Å². The van der Waals surface area contributed by atoms with Crippen LogP contribution in [0.5, 0.6) is 0 Å². The number of nitrogen functional groups attached to an aromatic ring is 1. The molecule has 0 bridgehead atoms. The molecule has 0 unspecified atom stereocenters. The fourth-order valence-electron chi connectivity index (χ4n) is 1.62. The number of Topliss-reactive ketones (excluding diaryl/α,β-unsaturated/α-hetero) is 1. The number of hydrogen-bond acceptors (Lipinski definition) is 5. The predicted molar refractivity (Wildman–Crippen MR) is 76.2 cm³/mol. The Kier molecular flexibility index (Phi) is 4.74. The van der Waals surface area contributed by atoms with Crippen LogP contribution >= 0.6 is 11.3 Å². The number of thiophene rings is 1. The first kappa shape index (κ1) is 14.5. The first-order chi connectivity index (χ1) is 8.38. The molecule has 0 spiro atoms. The van der Waals surface area contributed by atoms with Gasteiger partial charge in [0.25, 0.3) is 0 Å². The Labute approximate surface area is 112 Å². The Bertz CT molecular complexity index is 485. The number of carbonyl (C=O) groups is 1. The summed E-state index contributed by atoms with van der Waals surface area (Å²) in [7, 11) is 1.93. The van der Waals surface area contributed by atoms with Gasteiger partial charge < -0.3 is 10.6 Å². The van der Waals surface area contributed by atoms with E-state index in [1.807, 2.05) is 11.9 Å². The molecule has 0 saturated carbocycles. The number of nitrogens with two attached hydrogens (primary N) is 1.